The van der Waals surface area contributed by atoms with E-state index in [1.54, 1.807) is 32.9 Å². The Bertz CT molecular complexity index is 857. The van der Waals surface area contributed by atoms with Crippen molar-refractivity contribution in [3.63, 3.8) is 0 Å². The number of hydrogen-bond donors (Lipinski definition) is 5. The Kier molecular flexibility index (Phi) is 6.32. The van der Waals surface area contributed by atoms with E-state index in [-0.39, 0.29) is 34.2 Å². The first-order valence-electron chi connectivity index (χ1n) is 14.0. The monoisotopic (exact) mass is 492 g/mol. The van der Waals surface area contributed by atoms with Crippen molar-refractivity contribution in [2.45, 2.75) is 136 Å². The summed E-state index contributed by atoms with van der Waals surface area (Å²) in [6.07, 6.45) is 8.37. The van der Waals surface area contributed by atoms with E-state index in [1.807, 2.05) is 0 Å². The van der Waals surface area contributed by atoms with Gasteiger partial charge < -0.3 is 25.5 Å². The number of rotatable bonds is 4. The molecule has 0 bridgehead atoms. The normalized spacial score (nSPS) is 51.4. The second-order valence-corrected chi connectivity index (χ2v) is 15.1. The molecule has 4 aliphatic carbocycles. The van der Waals surface area contributed by atoms with Crippen molar-refractivity contribution in [2.75, 3.05) is 0 Å². The third-order valence-electron chi connectivity index (χ3n) is 12.4. The van der Waals surface area contributed by atoms with E-state index in [4.69, 9.17) is 0 Å². The van der Waals surface area contributed by atoms with Crippen LogP contribution in [0.2, 0.25) is 0 Å². The van der Waals surface area contributed by atoms with E-state index in [0.717, 1.165) is 32.1 Å². The predicted molar refractivity (Wildman–Crippen MR) is 139 cm³/mol. The highest BCUT2D eigenvalue weighted by molar-refractivity contribution is 5.24. The molecule has 10 unspecified atom stereocenters. The molecule has 0 aromatic heterocycles. The molecule has 202 valence electrons. The fraction of sp³-hybridized carbons (Fsp3) is 0.933. The summed E-state index contributed by atoms with van der Waals surface area (Å²) in [5, 5.41) is 56.5. The standard InChI is InChI=1S/C30H52O5/c1-24(2,33)12-9-13-29(8,34)30(35)17-16-28(7)23(30)19(31)18-21-26(5)14-11-22(32)25(3,4)20(26)10-15-27(21,28)6/h9,12,19-23,31-35H,10-11,13-18H2,1-8H3. The maximum absolute atomic E-state index is 12.2. The van der Waals surface area contributed by atoms with Crippen molar-refractivity contribution in [1.82, 2.24) is 0 Å². The van der Waals surface area contributed by atoms with Crippen LogP contribution in [0.25, 0.3) is 0 Å². The summed E-state index contributed by atoms with van der Waals surface area (Å²) in [6.45, 7) is 16.6. The first-order chi connectivity index (χ1) is 15.8. The number of hydrogen-bond acceptors (Lipinski definition) is 5. The van der Waals surface area contributed by atoms with Crippen molar-refractivity contribution < 1.29 is 25.5 Å². The van der Waals surface area contributed by atoms with Crippen LogP contribution in [0.1, 0.15) is 107 Å². The van der Waals surface area contributed by atoms with Crippen LogP contribution in [-0.2, 0) is 0 Å². The summed E-state index contributed by atoms with van der Waals surface area (Å²) >= 11 is 0. The molecule has 0 radical (unpaired) electrons. The Morgan fingerprint density at radius 2 is 1.46 bits per heavy atom. The zero-order valence-corrected chi connectivity index (χ0v) is 23.4. The quantitative estimate of drug-likeness (QED) is 0.370. The molecular formula is C30H52O5. The molecule has 4 aliphatic rings. The molecule has 0 aromatic rings. The van der Waals surface area contributed by atoms with Gasteiger partial charge in [0.25, 0.3) is 0 Å². The Morgan fingerprint density at radius 3 is 2.06 bits per heavy atom. The first-order valence-corrected chi connectivity index (χ1v) is 14.0. The molecule has 4 rings (SSSR count). The minimum absolute atomic E-state index is 0.0311. The second-order valence-electron chi connectivity index (χ2n) is 15.1. The van der Waals surface area contributed by atoms with Crippen molar-refractivity contribution in [2.24, 2.45) is 39.4 Å². The van der Waals surface area contributed by atoms with Crippen LogP contribution in [0.4, 0.5) is 0 Å². The molecule has 5 heteroatoms. The van der Waals surface area contributed by atoms with Gasteiger partial charge in [0.2, 0.25) is 0 Å². The zero-order valence-electron chi connectivity index (χ0n) is 23.4. The van der Waals surface area contributed by atoms with Gasteiger partial charge >= 0.3 is 0 Å². The van der Waals surface area contributed by atoms with E-state index in [0.29, 0.717) is 24.7 Å². The van der Waals surface area contributed by atoms with Gasteiger partial charge in [0.15, 0.2) is 0 Å². The predicted octanol–water partition coefficient (Wildman–Crippen LogP) is 4.59. The van der Waals surface area contributed by atoms with E-state index in [2.05, 4.69) is 34.6 Å². The minimum Gasteiger partial charge on any atom is -0.393 e. The van der Waals surface area contributed by atoms with Crippen LogP contribution in [0.15, 0.2) is 12.2 Å². The van der Waals surface area contributed by atoms with Gasteiger partial charge in [-0.15, -0.1) is 0 Å². The maximum atomic E-state index is 12.2. The van der Waals surface area contributed by atoms with Crippen LogP contribution in [0, 0.1) is 39.4 Å². The lowest BCUT2D eigenvalue weighted by molar-refractivity contribution is -0.270. The molecule has 0 amide bonds. The smallest absolute Gasteiger partial charge is 0.0991 e. The molecule has 4 fully saturated rings. The summed E-state index contributed by atoms with van der Waals surface area (Å²) < 4.78 is 0. The molecule has 10 atom stereocenters. The first kappa shape index (κ1) is 27.6. The highest BCUT2D eigenvalue weighted by atomic mass is 16.4. The molecule has 0 aromatic carbocycles. The molecule has 0 aliphatic heterocycles. The Labute approximate surface area is 213 Å². The molecule has 0 saturated heterocycles. The van der Waals surface area contributed by atoms with Crippen LogP contribution < -0.4 is 0 Å². The van der Waals surface area contributed by atoms with E-state index in [9.17, 15) is 25.5 Å². The van der Waals surface area contributed by atoms with Crippen molar-refractivity contribution in [3.05, 3.63) is 12.2 Å². The van der Waals surface area contributed by atoms with Gasteiger partial charge in [-0.2, -0.15) is 0 Å². The highest BCUT2D eigenvalue weighted by Crippen LogP contribution is 2.76. The van der Waals surface area contributed by atoms with Gasteiger partial charge in [0, 0.05) is 5.92 Å². The minimum atomic E-state index is -1.42. The van der Waals surface area contributed by atoms with Gasteiger partial charge in [0.1, 0.15) is 0 Å². The van der Waals surface area contributed by atoms with Gasteiger partial charge in [0.05, 0.1) is 29.0 Å². The molecular weight excluding hydrogens is 440 g/mol. The lowest BCUT2D eigenvalue weighted by Crippen LogP contribution is -2.69. The SMILES string of the molecule is CC(C)(O)C=CCC(C)(O)C1(O)CCC2(C)C1C(O)CC1C3(C)CCC(O)C(C)(C)C3CCC12C. The van der Waals surface area contributed by atoms with Crippen LogP contribution in [0.3, 0.4) is 0 Å². The van der Waals surface area contributed by atoms with Gasteiger partial charge in [-0.3, -0.25) is 0 Å². The average Bonchev–Trinajstić information content (AvgIpc) is 3.01. The van der Waals surface area contributed by atoms with E-state index < -0.39 is 28.8 Å². The Morgan fingerprint density at radius 1 is 0.829 bits per heavy atom. The largest absolute Gasteiger partial charge is 0.393 e. The summed E-state index contributed by atoms with van der Waals surface area (Å²) in [5.41, 5.74) is -4.29. The Balaban J connectivity index is 1.70. The van der Waals surface area contributed by atoms with Crippen LogP contribution in [0.5, 0.6) is 0 Å². The Hall–Kier alpha value is -0.460. The number of aliphatic hydroxyl groups excluding tert-OH is 2. The topological polar surface area (TPSA) is 101 Å². The van der Waals surface area contributed by atoms with Crippen LogP contribution in [-0.4, -0.2) is 54.5 Å². The van der Waals surface area contributed by atoms with Gasteiger partial charge in [-0.1, -0.05) is 46.8 Å². The zero-order chi connectivity index (χ0) is 26.5. The fourth-order valence-electron chi connectivity index (χ4n) is 10.2. The fourth-order valence-corrected chi connectivity index (χ4v) is 10.2. The molecule has 5 N–H and O–H groups in total. The lowest BCUT2D eigenvalue weighted by atomic mass is 9.35. The molecule has 35 heavy (non-hydrogen) atoms. The van der Waals surface area contributed by atoms with Crippen LogP contribution >= 0.6 is 0 Å². The van der Waals surface area contributed by atoms with E-state index >= 15 is 0 Å². The third-order valence-corrected chi connectivity index (χ3v) is 12.4. The third kappa shape index (κ3) is 3.73. The highest BCUT2D eigenvalue weighted by Gasteiger charge is 2.74. The molecule has 5 nitrogen and oxygen atoms in total. The van der Waals surface area contributed by atoms with E-state index in [1.165, 1.54) is 0 Å². The molecule has 4 saturated carbocycles. The summed E-state index contributed by atoms with van der Waals surface area (Å²) in [4.78, 5) is 0. The summed E-state index contributed by atoms with van der Waals surface area (Å²) in [6, 6.07) is 0. The number of fused-ring (bicyclic) bond motifs is 5. The average molecular weight is 493 g/mol. The molecule has 0 heterocycles. The van der Waals surface area contributed by atoms with Gasteiger partial charge in [-0.25, -0.2) is 0 Å². The maximum Gasteiger partial charge on any atom is 0.0991 e. The lowest BCUT2D eigenvalue weighted by Gasteiger charge is -2.70. The van der Waals surface area contributed by atoms with Crippen molar-refractivity contribution >= 4 is 0 Å². The number of aliphatic hydroxyl groups is 5. The van der Waals surface area contributed by atoms with Crippen molar-refractivity contribution in [1.29, 1.82) is 0 Å². The summed E-state index contributed by atoms with van der Waals surface area (Å²) in [5.74, 6) is 0.294. The summed E-state index contributed by atoms with van der Waals surface area (Å²) in [7, 11) is 0. The van der Waals surface area contributed by atoms with Gasteiger partial charge in [-0.05, 0) is 106 Å². The van der Waals surface area contributed by atoms with Crippen molar-refractivity contribution in [3.8, 4) is 0 Å². The second kappa shape index (κ2) is 8.02. The molecule has 0 spiro atoms.